The van der Waals surface area contributed by atoms with Crippen molar-refractivity contribution >= 4 is 58.3 Å². The lowest BCUT2D eigenvalue weighted by Gasteiger charge is -2.14. The molecule has 2 aromatic carbocycles. The van der Waals surface area contributed by atoms with Crippen LogP contribution in [0.5, 0.6) is 0 Å². The maximum absolute atomic E-state index is 13.3. The summed E-state index contributed by atoms with van der Waals surface area (Å²) in [7, 11) is 0. The Morgan fingerprint density at radius 2 is 1.22 bits per heavy atom. The first kappa shape index (κ1) is 24.2. The molecule has 0 radical (unpaired) electrons. The second-order valence-corrected chi connectivity index (χ2v) is 8.96. The number of benzene rings is 2. The standard InChI is InChI=1S/C30H26N2O5/c1-3-9-27(33)31-24-13-7-5-11-20(24)22(29(31)35)17-19-15-16-37-26(19)18-23-21-12-6-8-14-25(21)32(30(23)36)28(34)10-4-2/h5-8,11-18H,3-4,9-10H2,1-2H3/b22-17?,23-18+. The molecular weight excluding hydrogens is 468 g/mol. The molecular formula is C30H26N2O5. The zero-order chi connectivity index (χ0) is 26.1. The van der Waals surface area contributed by atoms with Crippen LogP contribution >= 0.6 is 0 Å². The lowest BCUT2D eigenvalue weighted by Crippen LogP contribution is -2.33. The van der Waals surface area contributed by atoms with Crippen LogP contribution in [0.1, 0.15) is 62.0 Å². The van der Waals surface area contributed by atoms with Gasteiger partial charge in [0, 0.05) is 29.5 Å². The number of para-hydroxylation sites is 2. The number of furan rings is 1. The molecule has 0 atom stereocenters. The summed E-state index contributed by atoms with van der Waals surface area (Å²) in [5.74, 6) is -0.927. The van der Waals surface area contributed by atoms with Crippen molar-refractivity contribution in [1.29, 1.82) is 0 Å². The van der Waals surface area contributed by atoms with E-state index in [0.29, 0.717) is 57.8 Å². The molecule has 0 spiro atoms. The number of nitrogens with zero attached hydrogens (tertiary/aromatic N) is 2. The maximum atomic E-state index is 13.3. The van der Waals surface area contributed by atoms with Crippen LogP contribution in [0.2, 0.25) is 0 Å². The number of anilines is 2. The first-order valence-corrected chi connectivity index (χ1v) is 12.4. The molecule has 7 nitrogen and oxygen atoms in total. The highest BCUT2D eigenvalue weighted by molar-refractivity contribution is 6.43. The molecule has 7 heteroatoms. The second kappa shape index (κ2) is 9.85. The summed E-state index contributed by atoms with van der Waals surface area (Å²) in [6, 6.07) is 16.0. The highest BCUT2D eigenvalue weighted by atomic mass is 16.3. The van der Waals surface area contributed by atoms with Gasteiger partial charge in [0.15, 0.2) is 0 Å². The molecule has 0 N–H and O–H groups in total. The largest absolute Gasteiger partial charge is 0.464 e. The van der Waals surface area contributed by atoms with E-state index in [-0.39, 0.29) is 24.7 Å². The molecule has 1 aromatic heterocycles. The van der Waals surface area contributed by atoms with Gasteiger partial charge in [-0.1, -0.05) is 50.2 Å². The summed E-state index contributed by atoms with van der Waals surface area (Å²) in [4.78, 5) is 54.6. The summed E-state index contributed by atoms with van der Waals surface area (Å²) in [5.41, 5.74) is 3.71. The van der Waals surface area contributed by atoms with E-state index in [1.165, 1.54) is 16.1 Å². The van der Waals surface area contributed by atoms with Crippen LogP contribution in [0.4, 0.5) is 11.4 Å². The van der Waals surface area contributed by atoms with Crippen molar-refractivity contribution in [3.05, 3.63) is 83.3 Å². The summed E-state index contributed by atoms with van der Waals surface area (Å²) in [6.07, 6.45) is 6.57. The summed E-state index contributed by atoms with van der Waals surface area (Å²) < 4.78 is 5.71. The third-order valence-corrected chi connectivity index (χ3v) is 6.47. The van der Waals surface area contributed by atoms with Crippen molar-refractivity contribution < 1.29 is 23.6 Å². The molecule has 2 aliphatic rings. The molecule has 3 aromatic rings. The van der Waals surface area contributed by atoms with Gasteiger partial charge in [0.05, 0.1) is 28.8 Å². The fourth-order valence-corrected chi connectivity index (χ4v) is 4.76. The van der Waals surface area contributed by atoms with Gasteiger partial charge in [0.1, 0.15) is 5.76 Å². The average Bonchev–Trinajstić information content (AvgIpc) is 3.53. The smallest absolute Gasteiger partial charge is 0.265 e. The van der Waals surface area contributed by atoms with E-state index in [0.717, 1.165) is 0 Å². The van der Waals surface area contributed by atoms with Gasteiger partial charge in [-0.15, -0.1) is 0 Å². The normalized spacial score (nSPS) is 16.6. The van der Waals surface area contributed by atoms with Crippen molar-refractivity contribution in [2.45, 2.75) is 39.5 Å². The predicted octanol–water partition coefficient (Wildman–Crippen LogP) is 5.71. The molecule has 4 amide bonds. The van der Waals surface area contributed by atoms with Crippen molar-refractivity contribution in [2.24, 2.45) is 0 Å². The second-order valence-electron chi connectivity index (χ2n) is 8.96. The Labute approximate surface area is 214 Å². The van der Waals surface area contributed by atoms with E-state index < -0.39 is 11.8 Å². The Balaban J connectivity index is 1.56. The molecule has 5 rings (SSSR count). The van der Waals surface area contributed by atoms with Gasteiger partial charge in [-0.3, -0.25) is 19.2 Å². The van der Waals surface area contributed by atoms with Gasteiger partial charge in [0.2, 0.25) is 11.8 Å². The van der Waals surface area contributed by atoms with Crippen molar-refractivity contribution in [1.82, 2.24) is 0 Å². The van der Waals surface area contributed by atoms with E-state index in [9.17, 15) is 19.2 Å². The number of carbonyl (C=O) groups is 4. The van der Waals surface area contributed by atoms with Crippen LogP contribution in [-0.4, -0.2) is 23.6 Å². The molecule has 0 saturated heterocycles. The van der Waals surface area contributed by atoms with Crippen LogP contribution in [-0.2, 0) is 19.2 Å². The van der Waals surface area contributed by atoms with Crippen LogP contribution in [0, 0.1) is 0 Å². The molecule has 186 valence electrons. The SMILES string of the molecule is CCCC(=O)N1C(=O)C(=Cc2ccoc2/C=C2/C(=O)N(C(=O)CCC)c3ccccc32)c2ccccc21. The lowest BCUT2D eigenvalue weighted by atomic mass is 10.0. The minimum Gasteiger partial charge on any atom is -0.464 e. The zero-order valence-corrected chi connectivity index (χ0v) is 20.7. The fraction of sp³-hybridized carbons (Fsp3) is 0.200. The number of imide groups is 2. The van der Waals surface area contributed by atoms with Crippen molar-refractivity contribution in [3.63, 3.8) is 0 Å². The van der Waals surface area contributed by atoms with Crippen LogP contribution in [0.3, 0.4) is 0 Å². The van der Waals surface area contributed by atoms with Crippen molar-refractivity contribution in [2.75, 3.05) is 9.80 Å². The number of carbonyl (C=O) groups excluding carboxylic acids is 4. The molecule has 3 heterocycles. The monoisotopic (exact) mass is 494 g/mol. The lowest BCUT2D eigenvalue weighted by molar-refractivity contribution is -0.125. The van der Waals surface area contributed by atoms with Crippen LogP contribution in [0.15, 0.2) is 65.3 Å². The third kappa shape index (κ3) is 4.12. The summed E-state index contributed by atoms with van der Waals surface area (Å²) in [6.45, 7) is 3.79. The third-order valence-electron chi connectivity index (χ3n) is 6.47. The molecule has 0 aliphatic carbocycles. The molecule has 0 saturated carbocycles. The molecule has 37 heavy (non-hydrogen) atoms. The number of fused-ring (bicyclic) bond motifs is 2. The van der Waals surface area contributed by atoms with E-state index in [1.54, 1.807) is 48.6 Å². The predicted molar refractivity (Wildman–Crippen MR) is 142 cm³/mol. The first-order chi connectivity index (χ1) is 18.0. The topological polar surface area (TPSA) is 87.9 Å². The van der Waals surface area contributed by atoms with E-state index in [2.05, 4.69) is 0 Å². The number of hydrogen-bond donors (Lipinski definition) is 0. The summed E-state index contributed by atoms with van der Waals surface area (Å²) >= 11 is 0. The Bertz CT molecular complexity index is 1380. The average molecular weight is 495 g/mol. The Hall–Kier alpha value is -4.52. The van der Waals surface area contributed by atoms with Gasteiger partial charge < -0.3 is 4.42 Å². The quantitative estimate of drug-likeness (QED) is 0.410. The minimum absolute atomic E-state index is 0.247. The van der Waals surface area contributed by atoms with E-state index in [4.69, 9.17) is 4.42 Å². The van der Waals surface area contributed by atoms with Gasteiger partial charge in [-0.25, -0.2) is 9.80 Å². The van der Waals surface area contributed by atoms with Gasteiger partial charge in [0.25, 0.3) is 11.8 Å². The Morgan fingerprint density at radius 1 is 0.730 bits per heavy atom. The summed E-state index contributed by atoms with van der Waals surface area (Å²) in [5, 5.41) is 0. The zero-order valence-electron chi connectivity index (χ0n) is 20.7. The highest BCUT2D eigenvalue weighted by Gasteiger charge is 2.37. The van der Waals surface area contributed by atoms with E-state index >= 15 is 0 Å². The van der Waals surface area contributed by atoms with Gasteiger partial charge >= 0.3 is 0 Å². The maximum Gasteiger partial charge on any atom is 0.265 e. The molecule has 0 bridgehead atoms. The molecule has 0 fully saturated rings. The number of rotatable bonds is 6. The van der Waals surface area contributed by atoms with Gasteiger partial charge in [-0.05, 0) is 43.2 Å². The molecule has 0 unspecified atom stereocenters. The Kier molecular flexibility index (Phi) is 6.44. The highest BCUT2D eigenvalue weighted by Crippen LogP contribution is 2.41. The van der Waals surface area contributed by atoms with Crippen LogP contribution < -0.4 is 9.80 Å². The first-order valence-electron chi connectivity index (χ1n) is 12.4. The Morgan fingerprint density at radius 3 is 1.73 bits per heavy atom. The van der Waals surface area contributed by atoms with E-state index in [1.807, 2.05) is 32.0 Å². The fourth-order valence-electron chi connectivity index (χ4n) is 4.76. The van der Waals surface area contributed by atoms with Crippen molar-refractivity contribution in [3.8, 4) is 0 Å². The number of amides is 4. The number of hydrogen-bond acceptors (Lipinski definition) is 5. The minimum atomic E-state index is -0.409. The van der Waals surface area contributed by atoms with Crippen LogP contribution in [0.25, 0.3) is 23.3 Å². The van der Waals surface area contributed by atoms with Gasteiger partial charge in [-0.2, -0.15) is 0 Å². The molecule has 2 aliphatic heterocycles.